The zero-order valence-corrected chi connectivity index (χ0v) is 22.0. The number of hydrogen-bond acceptors (Lipinski definition) is 10. The predicted octanol–water partition coefficient (Wildman–Crippen LogP) is 7.86. The Morgan fingerprint density at radius 3 is 1.07 bits per heavy atom. The molecule has 0 aromatic heterocycles. The smallest absolute Gasteiger partial charge is 0.373 e. The molecule has 0 aromatic carbocycles. The summed E-state index contributed by atoms with van der Waals surface area (Å²) in [5, 5.41) is 0. The van der Waals surface area contributed by atoms with Gasteiger partial charge in [-0.05, 0) is 19.8 Å². The third kappa shape index (κ3) is 50.1. The van der Waals surface area contributed by atoms with Gasteiger partial charge in [0.15, 0.2) is 0 Å². The number of hydrogen-bond donors (Lipinski definition) is 0. The minimum atomic E-state index is -0.556. The molecule has 2 unspecified atom stereocenters. The van der Waals surface area contributed by atoms with Crippen LogP contribution in [0.25, 0.3) is 0 Å². The van der Waals surface area contributed by atoms with Crippen molar-refractivity contribution >= 4 is 69.3 Å². The maximum atomic E-state index is 10.5. The van der Waals surface area contributed by atoms with Crippen LogP contribution in [-0.2, 0) is 46.1 Å². The van der Waals surface area contributed by atoms with Gasteiger partial charge in [-0.2, -0.15) is 0 Å². The summed E-state index contributed by atoms with van der Waals surface area (Å²) >= 11 is 0. The summed E-state index contributed by atoms with van der Waals surface area (Å²) in [4.78, 5) is 20.9. The van der Waals surface area contributed by atoms with Crippen LogP contribution in [0.4, 0.5) is 0 Å². The molecule has 10 nitrogen and oxygen atoms in total. The molecule has 0 amide bonds. The summed E-state index contributed by atoms with van der Waals surface area (Å²) in [6.45, 7) is 9.20. The van der Waals surface area contributed by atoms with Crippen molar-refractivity contribution in [3.63, 3.8) is 0 Å². The van der Waals surface area contributed by atoms with Crippen LogP contribution in [0, 0.1) is 11.8 Å². The van der Waals surface area contributed by atoms with E-state index in [-0.39, 0.29) is 60.7 Å². The second kappa shape index (κ2) is 37.6. The van der Waals surface area contributed by atoms with E-state index in [0.717, 1.165) is 6.42 Å². The Morgan fingerprint density at radius 1 is 0.679 bits per heavy atom. The summed E-state index contributed by atoms with van der Waals surface area (Å²) in [5.74, 6) is 0.00289. The largest absolute Gasteiger partial charge is 0.398 e. The summed E-state index contributed by atoms with van der Waals surface area (Å²) in [7, 11) is -2.57. The van der Waals surface area contributed by atoms with Crippen molar-refractivity contribution in [1.29, 1.82) is 0 Å². The van der Waals surface area contributed by atoms with E-state index in [1.54, 1.807) is 13.8 Å². The fraction of sp³-hybridized carbons (Fsp3) is 0.818. The van der Waals surface area contributed by atoms with Crippen molar-refractivity contribution in [3.05, 3.63) is 0 Å². The standard InChI is InChI=1S/C6H12O.C5H9O3P.3O2P2/c1-4-5(2)6(3)7;1-3-4(2)5(6)8-9-7;3*1-3-4-2/h5H,4H2,1-3H3;4H,3H2,1-2H3;;;. The van der Waals surface area contributed by atoms with E-state index in [1.807, 2.05) is 20.8 Å². The molecule has 17 heteroatoms. The maximum absolute atomic E-state index is 10.5. The van der Waals surface area contributed by atoms with Crippen LogP contribution in [0.2, 0.25) is 0 Å². The van der Waals surface area contributed by atoms with E-state index in [4.69, 9.17) is 27.4 Å². The lowest BCUT2D eigenvalue weighted by molar-refractivity contribution is -0.137. The van der Waals surface area contributed by atoms with E-state index in [2.05, 4.69) is 4.52 Å². The van der Waals surface area contributed by atoms with Gasteiger partial charge in [0.1, 0.15) is 5.78 Å². The van der Waals surface area contributed by atoms with Gasteiger partial charge in [0.25, 0.3) is 48.9 Å². The van der Waals surface area contributed by atoms with Gasteiger partial charge in [0.2, 0.25) is 0 Å². The molecule has 0 spiro atoms. The summed E-state index contributed by atoms with van der Waals surface area (Å²) in [6, 6.07) is 0. The molecule has 160 valence electrons. The molecule has 0 N–H and O–H groups in total. The van der Waals surface area contributed by atoms with Gasteiger partial charge in [-0.3, -0.25) is 37.0 Å². The Hall–Kier alpha value is -0.160. The van der Waals surface area contributed by atoms with Gasteiger partial charge < -0.3 is 4.52 Å². The van der Waals surface area contributed by atoms with Gasteiger partial charge in [0.05, 0.1) is 5.92 Å². The van der Waals surface area contributed by atoms with Crippen molar-refractivity contribution < 1.29 is 46.1 Å². The maximum Gasteiger partial charge on any atom is 0.398 e. The first-order chi connectivity index (χ1) is 13.1. The Morgan fingerprint density at radius 2 is 0.964 bits per heavy atom. The molecule has 2 atom stereocenters. The van der Waals surface area contributed by atoms with E-state index < -0.39 is 14.7 Å². The van der Waals surface area contributed by atoms with Crippen LogP contribution in [0.5, 0.6) is 0 Å². The Kier molecular flexibility index (Phi) is 51.6. The van der Waals surface area contributed by atoms with Crippen LogP contribution in [0.1, 0.15) is 47.5 Å². The number of ketones is 1. The lowest BCUT2D eigenvalue weighted by atomic mass is 10.1. The third-order valence-corrected chi connectivity index (χ3v) is 3.60. The first-order valence-electron chi connectivity index (χ1n) is 7.14. The number of carbonyl (C=O) groups excluding carboxylic acids is 2. The number of rotatable bonds is 8. The molecule has 0 fully saturated rings. The molecular weight excluding hydrogens is 509 g/mol. The SMILES string of the molecule is CCC(C)C(=O)OP=O.CCC(C)C(C)=O.O=PP=O.O=PP=O.O=PP=O. The van der Waals surface area contributed by atoms with Gasteiger partial charge >= 0.3 is 14.7 Å². The zero-order chi connectivity index (χ0) is 23.4. The molecule has 0 aliphatic heterocycles. The summed E-state index contributed by atoms with van der Waals surface area (Å²) < 4.78 is 67.5. The molecule has 0 radical (unpaired) electrons. The number of Topliss-reactive ketones (excluding diaryl/α,β-unsaturated/α-hetero) is 1. The fourth-order valence-electron chi connectivity index (χ4n) is 0.581. The van der Waals surface area contributed by atoms with Crippen LogP contribution in [0.15, 0.2) is 0 Å². The molecule has 0 saturated carbocycles. The first-order valence-corrected chi connectivity index (χ1v) is 14.9. The van der Waals surface area contributed by atoms with Gasteiger partial charge in [-0.1, -0.05) is 27.7 Å². The first kappa shape index (κ1) is 38.4. The minimum absolute atomic E-state index is 0.147. The van der Waals surface area contributed by atoms with Crippen LogP contribution >= 0.6 is 57.6 Å². The lowest BCUT2D eigenvalue weighted by Gasteiger charge is -2.00. The molecule has 0 aromatic rings. The molecule has 0 aliphatic carbocycles. The second-order valence-corrected chi connectivity index (χ2v) is 8.45. The molecule has 0 aliphatic rings. The fourth-order valence-corrected chi connectivity index (χ4v) is 0.834. The molecular formula is C11H21O10P7. The van der Waals surface area contributed by atoms with E-state index in [9.17, 15) is 14.2 Å². The minimum Gasteiger partial charge on any atom is -0.373 e. The monoisotopic (exact) mass is 530 g/mol. The van der Waals surface area contributed by atoms with Crippen LogP contribution in [-0.4, -0.2) is 11.8 Å². The molecule has 0 bridgehead atoms. The van der Waals surface area contributed by atoms with Crippen molar-refractivity contribution in [2.24, 2.45) is 11.8 Å². The van der Waals surface area contributed by atoms with E-state index >= 15 is 0 Å². The molecule has 28 heavy (non-hydrogen) atoms. The normalized spacial score (nSPS) is 11.5. The Balaban J connectivity index is -0.0000000829. The molecule has 0 rings (SSSR count). The van der Waals surface area contributed by atoms with Crippen LogP contribution in [0.3, 0.4) is 0 Å². The van der Waals surface area contributed by atoms with Gasteiger partial charge in [0, 0.05) is 5.92 Å². The van der Waals surface area contributed by atoms with Gasteiger partial charge in [-0.25, -0.2) is 4.57 Å². The highest BCUT2D eigenvalue weighted by Gasteiger charge is 2.10. The van der Waals surface area contributed by atoms with Crippen molar-refractivity contribution in [3.8, 4) is 0 Å². The topological polar surface area (TPSA) is 163 Å². The zero-order valence-electron chi connectivity index (χ0n) is 15.8. The van der Waals surface area contributed by atoms with E-state index in [1.165, 1.54) is 0 Å². The number of carbonyl (C=O) groups is 2. The second-order valence-electron chi connectivity index (χ2n) is 4.20. The van der Waals surface area contributed by atoms with Crippen molar-refractivity contribution in [1.82, 2.24) is 0 Å². The Labute approximate surface area is 174 Å². The highest BCUT2D eigenvalue weighted by Crippen LogP contribution is 2.10. The highest BCUT2D eigenvalue weighted by molar-refractivity contribution is 7.99. The van der Waals surface area contributed by atoms with Crippen molar-refractivity contribution in [2.45, 2.75) is 47.5 Å². The summed E-state index contributed by atoms with van der Waals surface area (Å²) in [5.41, 5.74) is 0. The average molecular weight is 530 g/mol. The molecule has 0 saturated heterocycles. The molecule has 0 heterocycles. The predicted molar refractivity (Wildman–Crippen MR) is 109 cm³/mol. The Bertz CT molecular complexity index is 428. The van der Waals surface area contributed by atoms with Crippen LogP contribution < -0.4 is 0 Å². The van der Waals surface area contributed by atoms with E-state index in [0.29, 0.717) is 12.2 Å². The third-order valence-electron chi connectivity index (χ3n) is 2.55. The quantitative estimate of drug-likeness (QED) is 0.282. The van der Waals surface area contributed by atoms with Gasteiger partial charge in [-0.15, -0.1) is 0 Å². The summed E-state index contributed by atoms with van der Waals surface area (Å²) in [6.07, 6.45) is 1.68. The van der Waals surface area contributed by atoms with Crippen molar-refractivity contribution in [2.75, 3.05) is 0 Å². The average Bonchev–Trinajstić information content (AvgIpc) is 2.73. The highest BCUT2D eigenvalue weighted by atomic mass is 32.0. The lowest BCUT2D eigenvalue weighted by Crippen LogP contribution is -2.08.